The van der Waals surface area contributed by atoms with Crippen molar-refractivity contribution in [3.63, 3.8) is 0 Å². The zero-order valence-corrected chi connectivity index (χ0v) is 11.7. The van der Waals surface area contributed by atoms with Crippen LogP contribution < -0.4 is 5.32 Å². The largest absolute Gasteiger partial charge is 0.508 e. The minimum Gasteiger partial charge on any atom is -0.508 e. The molecule has 106 valence electrons. The van der Waals surface area contributed by atoms with Gasteiger partial charge in [0, 0.05) is 24.2 Å². The van der Waals surface area contributed by atoms with Gasteiger partial charge in [-0.05, 0) is 31.2 Å². The smallest absolute Gasteiger partial charge is 0.123 e. The highest BCUT2D eigenvalue weighted by molar-refractivity contribution is 5.38. The number of phenols is 2. The first-order valence-electron chi connectivity index (χ1n) is 7.45. The van der Waals surface area contributed by atoms with E-state index in [0.29, 0.717) is 12.6 Å². The Labute approximate surface area is 115 Å². The summed E-state index contributed by atoms with van der Waals surface area (Å²) in [5, 5.41) is 22.6. The van der Waals surface area contributed by atoms with Gasteiger partial charge in [-0.1, -0.05) is 32.3 Å². The van der Waals surface area contributed by atoms with E-state index in [4.69, 9.17) is 0 Å². The summed E-state index contributed by atoms with van der Waals surface area (Å²) in [7, 11) is 0. The number of hydrogen-bond acceptors (Lipinski definition) is 3. The van der Waals surface area contributed by atoms with Gasteiger partial charge in [0.05, 0.1) is 0 Å². The van der Waals surface area contributed by atoms with Crippen LogP contribution in [0.1, 0.15) is 51.0 Å². The molecule has 0 amide bonds. The second kappa shape index (κ2) is 6.80. The van der Waals surface area contributed by atoms with E-state index >= 15 is 0 Å². The van der Waals surface area contributed by atoms with Crippen molar-refractivity contribution in [2.75, 3.05) is 0 Å². The minimum atomic E-state index is 0.112. The molecule has 0 aromatic heterocycles. The van der Waals surface area contributed by atoms with Crippen molar-refractivity contribution >= 4 is 0 Å². The molecule has 19 heavy (non-hydrogen) atoms. The molecule has 0 bridgehead atoms. The third kappa shape index (κ3) is 3.87. The topological polar surface area (TPSA) is 52.5 Å². The van der Waals surface area contributed by atoms with Crippen LogP contribution in [0.25, 0.3) is 0 Å². The molecule has 0 saturated heterocycles. The molecule has 1 aliphatic rings. The maximum atomic E-state index is 9.79. The van der Waals surface area contributed by atoms with Crippen molar-refractivity contribution in [1.82, 2.24) is 5.32 Å². The summed E-state index contributed by atoms with van der Waals surface area (Å²) in [6, 6.07) is 5.34. The summed E-state index contributed by atoms with van der Waals surface area (Å²) in [5.74, 6) is 1.06. The molecule has 0 radical (unpaired) electrons. The average Bonchev–Trinajstić information content (AvgIpc) is 2.43. The molecule has 1 aromatic carbocycles. The van der Waals surface area contributed by atoms with Crippen molar-refractivity contribution < 1.29 is 10.2 Å². The van der Waals surface area contributed by atoms with Gasteiger partial charge < -0.3 is 15.5 Å². The summed E-state index contributed by atoms with van der Waals surface area (Å²) in [6.45, 7) is 2.89. The van der Waals surface area contributed by atoms with Gasteiger partial charge in [0.1, 0.15) is 11.5 Å². The van der Waals surface area contributed by atoms with E-state index in [1.165, 1.54) is 38.2 Å². The van der Waals surface area contributed by atoms with Crippen LogP contribution in [0, 0.1) is 5.92 Å². The number of rotatable bonds is 5. The number of phenolic OH excluding ortho intramolecular Hbond substituents is 2. The monoisotopic (exact) mass is 263 g/mol. The predicted molar refractivity (Wildman–Crippen MR) is 77.3 cm³/mol. The summed E-state index contributed by atoms with van der Waals surface area (Å²) >= 11 is 0. The van der Waals surface area contributed by atoms with Gasteiger partial charge >= 0.3 is 0 Å². The lowest BCUT2D eigenvalue weighted by atomic mass is 9.83. The molecule has 3 heteroatoms. The molecule has 3 nitrogen and oxygen atoms in total. The molecular weight excluding hydrogens is 238 g/mol. The maximum Gasteiger partial charge on any atom is 0.123 e. The fourth-order valence-electron chi connectivity index (χ4n) is 3.12. The van der Waals surface area contributed by atoms with Crippen molar-refractivity contribution in [2.45, 2.75) is 58.0 Å². The molecule has 3 N–H and O–H groups in total. The van der Waals surface area contributed by atoms with E-state index in [9.17, 15) is 10.2 Å². The van der Waals surface area contributed by atoms with Crippen molar-refractivity contribution in [3.05, 3.63) is 23.8 Å². The number of nitrogens with one attached hydrogen (secondary N) is 1. The van der Waals surface area contributed by atoms with Crippen LogP contribution in [0.5, 0.6) is 11.5 Å². The summed E-state index contributed by atoms with van der Waals surface area (Å²) < 4.78 is 0. The Balaban J connectivity index is 1.91. The Hall–Kier alpha value is -1.22. The number of hydrogen-bond donors (Lipinski definition) is 3. The lowest BCUT2D eigenvalue weighted by Gasteiger charge is -2.30. The average molecular weight is 263 g/mol. The normalized spacial score (nSPS) is 18.4. The van der Waals surface area contributed by atoms with Crippen LogP contribution in [0.2, 0.25) is 0 Å². The lowest BCUT2D eigenvalue weighted by Crippen LogP contribution is -2.36. The van der Waals surface area contributed by atoms with Gasteiger partial charge in [-0.2, -0.15) is 0 Å². The molecule has 0 heterocycles. The third-order valence-corrected chi connectivity index (χ3v) is 4.28. The molecule has 0 aliphatic heterocycles. The Morgan fingerprint density at radius 2 is 1.95 bits per heavy atom. The van der Waals surface area contributed by atoms with Gasteiger partial charge in [-0.25, -0.2) is 0 Å². The molecule has 1 atom stereocenters. The molecule has 1 saturated carbocycles. The summed E-state index contributed by atoms with van der Waals surface area (Å²) in [4.78, 5) is 0. The van der Waals surface area contributed by atoms with Crippen LogP contribution in [-0.4, -0.2) is 16.3 Å². The van der Waals surface area contributed by atoms with Crippen LogP contribution >= 0.6 is 0 Å². The molecule has 1 fully saturated rings. The standard InChI is InChI=1S/C16H25NO2/c1-2-15(12-6-4-3-5-7-12)17-11-13-8-9-14(18)10-16(13)19/h8-10,12,15,17-19H,2-7,11H2,1H3. The van der Waals surface area contributed by atoms with E-state index in [1.807, 2.05) is 0 Å². The molecular formula is C16H25NO2. The van der Waals surface area contributed by atoms with Gasteiger partial charge in [0.25, 0.3) is 0 Å². The van der Waals surface area contributed by atoms with Gasteiger partial charge in [0.2, 0.25) is 0 Å². The first-order valence-corrected chi connectivity index (χ1v) is 7.45. The van der Waals surface area contributed by atoms with Crippen molar-refractivity contribution in [1.29, 1.82) is 0 Å². The van der Waals surface area contributed by atoms with Crippen LogP contribution in [0.15, 0.2) is 18.2 Å². The SMILES string of the molecule is CCC(NCc1ccc(O)cc1O)C1CCCCC1. The third-order valence-electron chi connectivity index (χ3n) is 4.28. The first kappa shape index (κ1) is 14.2. The molecule has 0 spiro atoms. The molecule has 1 aromatic rings. The van der Waals surface area contributed by atoms with E-state index in [0.717, 1.165) is 17.9 Å². The van der Waals surface area contributed by atoms with Gasteiger partial charge in [-0.3, -0.25) is 0 Å². The van der Waals surface area contributed by atoms with Crippen LogP contribution in [0.4, 0.5) is 0 Å². The fourth-order valence-corrected chi connectivity index (χ4v) is 3.12. The minimum absolute atomic E-state index is 0.112. The van der Waals surface area contributed by atoms with Crippen molar-refractivity contribution in [2.24, 2.45) is 5.92 Å². The highest BCUT2D eigenvalue weighted by atomic mass is 16.3. The molecule has 1 aliphatic carbocycles. The zero-order chi connectivity index (χ0) is 13.7. The first-order chi connectivity index (χ1) is 9.20. The lowest BCUT2D eigenvalue weighted by molar-refractivity contribution is 0.261. The molecule has 2 rings (SSSR count). The van der Waals surface area contributed by atoms with Crippen molar-refractivity contribution in [3.8, 4) is 11.5 Å². The second-order valence-corrected chi connectivity index (χ2v) is 5.61. The van der Waals surface area contributed by atoms with Crippen LogP contribution in [-0.2, 0) is 6.54 Å². The number of aromatic hydroxyl groups is 2. The Kier molecular flexibility index (Phi) is 5.08. The highest BCUT2D eigenvalue weighted by Gasteiger charge is 2.21. The second-order valence-electron chi connectivity index (χ2n) is 5.61. The Bertz CT molecular complexity index is 400. The van der Waals surface area contributed by atoms with Gasteiger partial charge in [-0.15, -0.1) is 0 Å². The Morgan fingerprint density at radius 1 is 1.21 bits per heavy atom. The predicted octanol–water partition coefficient (Wildman–Crippen LogP) is 3.55. The fraction of sp³-hybridized carbons (Fsp3) is 0.625. The zero-order valence-electron chi connectivity index (χ0n) is 11.7. The Morgan fingerprint density at radius 3 is 2.58 bits per heavy atom. The summed E-state index contributed by atoms with van der Waals surface area (Å²) in [5.41, 5.74) is 0.854. The van der Waals surface area contributed by atoms with E-state index in [1.54, 1.807) is 12.1 Å². The van der Waals surface area contributed by atoms with E-state index in [-0.39, 0.29) is 11.5 Å². The van der Waals surface area contributed by atoms with E-state index in [2.05, 4.69) is 12.2 Å². The highest BCUT2D eigenvalue weighted by Crippen LogP contribution is 2.28. The quantitative estimate of drug-likeness (QED) is 0.761. The number of benzene rings is 1. The van der Waals surface area contributed by atoms with Gasteiger partial charge in [0.15, 0.2) is 0 Å². The maximum absolute atomic E-state index is 9.79. The molecule has 1 unspecified atom stereocenters. The summed E-state index contributed by atoms with van der Waals surface area (Å²) in [6.07, 6.45) is 7.87. The van der Waals surface area contributed by atoms with E-state index < -0.39 is 0 Å². The van der Waals surface area contributed by atoms with Crippen LogP contribution in [0.3, 0.4) is 0 Å².